The molecule has 10 heavy (non-hydrogen) atoms. The van der Waals surface area contributed by atoms with Gasteiger partial charge in [-0.1, -0.05) is 12.2 Å². The molecular formula is C9H13N. The van der Waals surface area contributed by atoms with Gasteiger partial charge in [0.05, 0.1) is 0 Å². The van der Waals surface area contributed by atoms with E-state index in [2.05, 4.69) is 30.1 Å². The molecule has 1 nitrogen and oxygen atoms in total. The Kier molecular flexibility index (Phi) is 1.30. The smallest absolute Gasteiger partial charge is 0.0362 e. The molecule has 0 aromatic carbocycles. The second kappa shape index (κ2) is 2.15. The molecule has 0 spiro atoms. The molecule has 0 radical (unpaired) electrons. The van der Waals surface area contributed by atoms with E-state index >= 15 is 0 Å². The fourth-order valence-electron chi connectivity index (χ4n) is 1.77. The van der Waals surface area contributed by atoms with Gasteiger partial charge in [0.2, 0.25) is 0 Å². The van der Waals surface area contributed by atoms with Crippen LogP contribution in [0.25, 0.3) is 0 Å². The fraction of sp³-hybridized carbons (Fsp3) is 0.556. The second-order valence-electron chi connectivity index (χ2n) is 3.13. The highest BCUT2D eigenvalue weighted by Crippen LogP contribution is 2.28. The highest BCUT2D eigenvalue weighted by Gasteiger charge is 2.23. The zero-order valence-corrected chi connectivity index (χ0v) is 6.38. The van der Waals surface area contributed by atoms with Crippen molar-refractivity contribution >= 4 is 0 Å². The van der Waals surface area contributed by atoms with Gasteiger partial charge in [0, 0.05) is 18.3 Å². The van der Waals surface area contributed by atoms with E-state index in [-0.39, 0.29) is 0 Å². The minimum atomic E-state index is 0.774. The molecule has 2 heterocycles. The standard InChI is InChI=1S/C9H13N/c1-8-5-6-9-4-2-3-7-10(8)9/h2-4,8H,5-7H2,1H3. The SMILES string of the molecule is CC1CCC2=CC=CCN21. The summed E-state index contributed by atoms with van der Waals surface area (Å²) in [6.07, 6.45) is 9.27. The molecule has 0 N–H and O–H groups in total. The van der Waals surface area contributed by atoms with Crippen molar-refractivity contribution in [3.63, 3.8) is 0 Å². The van der Waals surface area contributed by atoms with E-state index in [9.17, 15) is 0 Å². The van der Waals surface area contributed by atoms with Crippen molar-refractivity contribution in [1.82, 2.24) is 4.90 Å². The van der Waals surface area contributed by atoms with E-state index in [0.29, 0.717) is 0 Å². The van der Waals surface area contributed by atoms with Gasteiger partial charge in [-0.05, 0) is 25.8 Å². The van der Waals surface area contributed by atoms with Crippen LogP contribution in [0.5, 0.6) is 0 Å². The van der Waals surface area contributed by atoms with Crippen molar-refractivity contribution < 1.29 is 0 Å². The molecule has 1 atom stereocenters. The predicted octanol–water partition coefficient (Wildman–Crippen LogP) is 1.92. The highest BCUT2D eigenvalue weighted by molar-refractivity contribution is 5.21. The van der Waals surface area contributed by atoms with E-state index < -0.39 is 0 Å². The Morgan fingerprint density at radius 1 is 1.60 bits per heavy atom. The summed E-state index contributed by atoms with van der Waals surface area (Å²) in [7, 11) is 0. The second-order valence-corrected chi connectivity index (χ2v) is 3.13. The van der Waals surface area contributed by atoms with Crippen LogP contribution in [0, 0.1) is 0 Å². The van der Waals surface area contributed by atoms with Gasteiger partial charge in [-0.15, -0.1) is 0 Å². The van der Waals surface area contributed by atoms with Crippen LogP contribution in [0.15, 0.2) is 23.9 Å². The third-order valence-corrected chi connectivity index (χ3v) is 2.45. The number of rotatable bonds is 0. The Balaban J connectivity index is 2.23. The van der Waals surface area contributed by atoms with Gasteiger partial charge in [0.1, 0.15) is 0 Å². The third kappa shape index (κ3) is 0.772. The topological polar surface area (TPSA) is 3.24 Å². The van der Waals surface area contributed by atoms with E-state index in [1.54, 1.807) is 0 Å². The summed E-state index contributed by atoms with van der Waals surface area (Å²) in [5, 5.41) is 0. The molecule has 54 valence electrons. The van der Waals surface area contributed by atoms with Gasteiger partial charge < -0.3 is 4.90 Å². The zero-order valence-electron chi connectivity index (χ0n) is 6.38. The summed E-state index contributed by atoms with van der Waals surface area (Å²) < 4.78 is 0. The summed E-state index contributed by atoms with van der Waals surface area (Å²) in [5.74, 6) is 0. The lowest BCUT2D eigenvalue weighted by Crippen LogP contribution is -2.26. The minimum Gasteiger partial charge on any atom is -0.368 e. The average molecular weight is 135 g/mol. The molecule has 1 fully saturated rings. The van der Waals surface area contributed by atoms with Crippen LogP contribution in [0.3, 0.4) is 0 Å². The first-order valence-corrected chi connectivity index (χ1v) is 4.00. The first kappa shape index (κ1) is 6.02. The van der Waals surface area contributed by atoms with Gasteiger partial charge in [-0.25, -0.2) is 0 Å². The lowest BCUT2D eigenvalue weighted by atomic mass is 10.2. The highest BCUT2D eigenvalue weighted by atomic mass is 15.2. The number of hydrogen-bond donors (Lipinski definition) is 0. The molecule has 2 aliphatic heterocycles. The van der Waals surface area contributed by atoms with Crippen molar-refractivity contribution in [3.05, 3.63) is 23.9 Å². The molecule has 0 aromatic rings. The van der Waals surface area contributed by atoms with Crippen LogP contribution in [0.1, 0.15) is 19.8 Å². The molecule has 0 bridgehead atoms. The molecule has 0 aliphatic carbocycles. The van der Waals surface area contributed by atoms with Gasteiger partial charge >= 0.3 is 0 Å². The quantitative estimate of drug-likeness (QED) is 0.490. The fourth-order valence-corrected chi connectivity index (χ4v) is 1.77. The molecule has 1 saturated heterocycles. The minimum absolute atomic E-state index is 0.774. The molecule has 2 aliphatic rings. The number of nitrogens with zero attached hydrogens (tertiary/aromatic N) is 1. The maximum absolute atomic E-state index is 2.49. The molecule has 0 aromatic heterocycles. The van der Waals surface area contributed by atoms with E-state index in [1.165, 1.54) is 18.5 Å². The molecule has 1 heteroatoms. The van der Waals surface area contributed by atoms with Crippen LogP contribution < -0.4 is 0 Å². The maximum Gasteiger partial charge on any atom is 0.0362 e. The summed E-state index contributed by atoms with van der Waals surface area (Å²) in [6, 6.07) is 0.774. The maximum atomic E-state index is 2.49. The van der Waals surface area contributed by atoms with Gasteiger partial charge in [0.25, 0.3) is 0 Å². The first-order valence-electron chi connectivity index (χ1n) is 4.00. The monoisotopic (exact) mass is 135 g/mol. The Hall–Kier alpha value is -0.720. The number of fused-ring (bicyclic) bond motifs is 1. The number of hydrogen-bond acceptors (Lipinski definition) is 1. The normalized spacial score (nSPS) is 30.3. The van der Waals surface area contributed by atoms with Crippen LogP contribution in [0.4, 0.5) is 0 Å². The average Bonchev–Trinajstić information content (AvgIpc) is 2.34. The van der Waals surface area contributed by atoms with Gasteiger partial charge in [-0.2, -0.15) is 0 Å². The van der Waals surface area contributed by atoms with E-state index in [4.69, 9.17) is 0 Å². The Labute approximate surface area is 62.0 Å². The van der Waals surface area contributed by atoms with Gasteiger partial charge in [0.15, 0.2) is 0 Å². The van der Waals surface area contributed by atoms with Crippen molar-refractivity contribution in [2.75, 3.05) is 6.54 Å². The number of allylic oxidation sites excluding steroid dienone is 3. The molecule has 2 rings (SSSR count). The van der Waals surface area contributed by atoms with Crippen LogP contribution in [0.2, 0.25) is 0 Å². The van der Waals surface area contributed by atoms with Crippen LogP contribution in [-0.4, -0.2) is 17.5 Å². The lowest BCUT2D eigenvalue weighted by molar-refractivity contribution is 0.339. The molecular weight excluding hydrogens is 122 g/mol. The van der Waals surface area contributed by atoms with Crippen molar-refractivity contribution in [2.45, 2.75) is 25.8 Å². The first-order chi connectivity index (χ1) is 4.88. The Bertz CT molecular complexity index is 191. The summed E-state index contributed by atoms with van der Waals surface area (Å²) in [4.78, 5) is 2.49. The lowest BCUT2D eigenvalue weighted by Gasteiger charge is -2.25. The summed E-state index contributed by atoms with van der Waals surface area (Å²) in [5.41, 5.74) is 1.54. The molecule has 0 saturated carbocycles. The largest absolute Gasteiger partial charge is 0.368 e. The molecule has 0 amide bonds. The summed E-state index contributed by atoms with van der Waals surface area (Å²) in [6.45, 7) is 3.44. The van der Waals surface area contributed by atoms with Crippen molar-refractivity contribution in [3.8, 4) is 0 Å². The predicted molar refractivity (Wildman–Crippen MR) is 42.6 cm³/mol. The van der Waals surface area contributed by atoms with Crippen LogP contribution >= 0.6 is 0 Å². The Morgan fingerprint density at radius 2 is 2.50 bits per heavy atom. The zero-order chi connectivity index (χ0) is 6.97. The van der Waals surface area contributed by atoms with Crippen molar-refractivity contribution in [2.24, 2.45) is 0 Å². The van der Waals surface area contributed by atoms with Crippen LogP contribution in [-0.2, 0) is 0 Å². The third-order valence-electron chi connectivity index (χ3n) is 2.45. The van der Waals surface area contributed by atoms with E-state index in [1.807, 2.05) is 0 Å². The van der Waals surface area contributed by atoms with Crippen molar-refractivity contribution in [1.29, 1.82) is 0 Å². The Morgan fingerprint density at radius 3 is 3.30 bits per heavy atom. The van der Waals surface area contributed by atoms with E-state index in [0.717, 1.165) is 12.6 Å². The van der Waals surface area contributed by atoms with Gasteiger partial charge in [-0.3, -0.25) is 0 Å². The summed E-state index contributed by atoms with van der Waals surface area (Å²) >= 11 is 0. The molecule has 1 unspecified atom stereocenters.